The Kier molecular flexibility index (Phi) is 2.98. The van der Waals surface area contributed by atoms with E-state index in [0.717, 1.165) is 4.57 Å². The van der Waals surface area contributed by atoms with Crippen LogP contribution in [0.25, 0.3) is 13.2 Å². The van der Waals surface area contributed by atoms with Crippen molar-refractivity contribution >= 4 is 13.2 Å². The van der Waals surface area contributed by atoms with Crippen LogP contribution in [0.3, 0.4) is 0 Å². The van der Waals surface area contributed by atoms with Gasteiger partial charge in [-0.25, -0.2) is 4.79 Å². The molecule has 1 rings (SSSR count). The zero-order valence-corrected chi connectivity index (χ0v) is 9.41. The number of hydrogen-bond donors (Lipinski definition) is 0. The molecule has 0 aliphatic rings. The van der Waals surface area contributed by atoms with Crippen molar-refractivity contribution in [1.29, 1.82) is 0 Å². The zero-order chi connectivity index (χ0) is 11.7. The summed E-state index contributed by atoms with van der Waals surface area (Å²) in [4.78, 5) is 23.3. The Hall–Kier alpha value is -1.58. The minimum absolute atomic E-state index is 0.290. The smallest absolute Gasteiger partial charge is 0.294 e. The van der Waals surface area contributed by atoms with Gasteiger partial charge in [0.15, 0.2) is 0 Å². The maximum Gasteiger partial charge on any atom is 0.331 e. The Labute approximate surface area is 87.8 Å². The van der Waals surface area contributed by atoms with E-state index in [9.17, 15) is 9.59 Å². The summed E-state index contributed by atoms with van der Waals surface area (Å²) in [5.41, 5.74) is -0.698. The van der Waals surface area contributed by atoms with Crippen LogP contribution < -0.4 is 21.8 Å². The van der Waals surface area contributed by atoms with Crippen LogP contribution in [0.2, 0.25) is 0 Å². The third kappa shape index (κ3) is 1.93. The first-order valence-electron chi connectivity index (χ1n) is 4.84. The summed E-state index contributed by atoms with van der Waals surface area (Å²) in [6.07, 6.45) is 0. The van der Waals surface area contributed by atoms with Gasteiger partial charge in [-0.3, -0.25) is 13.9 Å². The fourth-order valence-electron chi connectivity index (χ4n) is 1.43. The van der Waals surface area contributed by atoms with Gasteiger partial charge in [-0.15, -0.1) is 0 Å². The van der Waals surface area contributed by atoms with Gasteiger partial charge in [-0.05, 0) is 5.92 Å². The summed E-state index contributed by atoms with van der Waals surface area (Å²) >= 11 is 0. The monoisotopic (exact) mass is 208 g/mol. The molecule has 0 aromatic carbocycles. The summed E-state index contributed by atoms with van der Waals surface area (Å²) in [6, 6.07) is 0. The quantitative estimate of drug-likeness (QED) is 0.627. The second-order valence-corrected chi connectivity index (χ2v) is 4.08. The van der Waals surface area contributed by atoms with Gasteiger partial charge in [0.05, 0.1) is 10.6 Å². The average Bonchev–Trinajstić information content (AvgIpc) is 2.18. The zero-order valence-electron chi connectivity index (χ0n) is 9.41. The van der Waals surface area contributed by atoms with Crippen molar-refractivity contribution in [3.05, 3.63) is 31.4 Å². The van der Waals surface area contributed by atoms with E-state index in [1.54, 1.807) is 0 Å². The van der Waals surface area contributed by atoms with Crippen molar-refractivity contribution in [2.75, 3.05) is 0 Å². The molecule has 4 nitrogen and oxygen atoms in total. The number of hydrogen-bond acceptors (Lipinski definition) is 2. The van der Waals surface area contributed by atoms with Crippen LogP contribution >= 0.6 is 0 Å². The van der Waals surface area contributed by atoms with E-state index in [4.69, 9.17) is 0 Å². The molecular formula is C11H16N2O2. The molecule has 0 fully saturated rings. The van der Waals surface area contributed by atoms with Crippen molar-refractivity contribution in [2.24, 2.45) is 13.0 Å². The van der Waals surface area contributed by atoms with Gasteiger partial charge in [-0.1, -0.05) is 27.0 Å². The molecule has 0 unspecified atom stereocenters. The van der Waals surface area contributed by atoms with Crippen LogP contribution in [0.1, 0.15) is 13.8 Å². The number of rotatable bonds is 2. The molecule has 0 radical (unpaired) electrons. The Bertz CT molecular complexity index is 578. The van der Waals surface area contributed by atoms with Crippen LogP contribution in [0.5, 0.6) is 0 Å². The lowest BCUT2D eigenvalue weighted by molar-refractivity contribution is 0.475. The van der Waals surface area contributed by atoms with Crippen molar-refractivity contribution in [3.8, 4) is 0 Å². The van der Waals surface area contributed by atoms with Crippen molar-refractivity contribution in [3.63, 3.8) is 0 Å². The van der Waals surface area contributed by atoms with Crippen LogP contribution in [0.4, 0.5) is 0 Å². The largest absolute Gasteiger partial charge is 0.331 e. The fourth-order valence-corrected chi connectivity index (χ4v) is 1.43. The third-order valence-electron chi connectivity index (χ3n) is 2.30. The van der Waals surface area contributed by atoms with E-state index >= 15 is 0 Å². The topological polar surface area (TPSA) is 44.0 Å². The molecule has 0 aliphatic heterocycles. The fraction of sp³-hybridized carbons (Fsp3) is 0.455. The van der Waals surface area contributed by atoms with Crippen molar-refractivity contribution in [1.82, 2.24) is 9.13 Å². The second kappa shape index (κ2) is 3.88. The minimum Gasteiger partial charge on any atom is -0.294 e. The summed E-state index contributed by atoms with van der Waals surface area (Å²) in [7, 11) is 1.45. The van der Waals surface area contributed by atoms with Crippen LogP contribution in [-0.2, 0) is 13.6 Å². The normalized spacial score (nSPS) is 10.9. The molecule has 0 bridgehead atoms. The first-order valence-corrected chi connectivity index (χ1v) is 4.84. The van der Waals surface area contributed by atoms with E-state index in [1.807, 2.05) is 13.8 Å². The highest BCUT2D eigenvalue weighted by atomic mass is 16.2. The Morgan fingerprint density at radius 1 is 1.27 bits per heavy atom. The van der Waals surface area contributed by atoms with Crippen LogP contribution in [0.15, 0.2) is 9.59 Å². The van der Waals surface area contributed by atoms with Gasteiger partial charge in [-0.2, -0.15) is 0 Å². The Morgan fingerprint density at radius 2 is 1.80 bits per heavy atom. The predicted molar refractivity (Wildman–Crippen MR) is 61.1 cm³/mol. The van der Waals surface area contributed by atoms with Crippen molar-refractivity contribution < 1.29 is 0 Å². The lowest BCUT2D eigenvalue weighted by Crippen LogP contribution is -2.56. The number of aromatic nitrogens is 2. The lowest BCUT2D eigenvalue weighted by atomic mass is 10.2. The summed E-state index contributed by atoms with van der Waals surface area (Å²) in [6.45, 7) is 11.9. The molecule has 0 amide bonds. The van der Waals surface area contributed by atoms with E-state index in [0.29, 0.717) is 17.8 Å². The average molecular weight is 208 g/mol. The molecule has 0 atom stereocenters. The van der Waals surface area contributed by atoms with E-state index < -0.39 is 0 Å². The molecule has 1 aromatic rings. The van der Waals surface area contributed by atoms with Crippen molar-refractivity contribution in [2.45, 2.75) is 20.4 Å². The molecule has 0 spiro atoms. The Balaban J connectivity index is 3.69. The molecule has 82 valence electrons. The third-order valence-corrected chi connectivity index (χ3v) is 2.30. The lowest BCUT2D eigenvalue weighted by Gasteiger charge is -2.10. The highest BCUT2D eigenvalue weighted by molar-refractivity contribution is 5.08. The molecule has 0 N–H and O–H groups in total. The Morgan fingerprint density at radius 3 is 2.27 bits per heavy atom. The molecule has 1 aromatic heterocycles. The van der Waals surface area contributed by atoms with Gasteiger partial charge in [0.25, 0.3) is 5.56 Å². The maximum absolute atomic E-state index is 11.8. The minimum atomic E-state index is -0.370. The van der Waals surface area contributed by atoms with Gasteiger partial charge < -0.3 is 0 Å². The molecule has 1 heterocycles. The van der Waals surface area contributed by atoms with Crippen LogP contribution in [-0.4, -0.2) is 9.13 Å². The number of nitrogens with zero attached hydrogens (tertiary/aromatic N) is 2. The maximum atomic E-state index is 11.8. The SMILES string of the molecule is C=c1c(=O)n(C)c(=O)n(CC(C)C)c1=C. The molecule has 15 heavy (non-hydrogen) atoms. The summed E-state index contributed by atoms with van der Waals surface area (Å²) in [5.74, 6) is 0.320. The molecular weight excluding hydrogens is 192 g/mol. The van der Waals surface area contributed by atoms with Gasteiger partial charge in [0, 0.05) is 13.6 Å². The molecule has 0 saturated heterocycles. The summed E-state index contributed by atoms with van der Waals surface area (Å²) in [5, 5.41) is 0.703. The highest BCUT2D eigenvalue weighted by Crippen LogP contribution is 1.91. The molecule has 4 heteroatoms. The van der Waals surface area contributed by atoms with E-state index in [-0.39, 0.29) is 16.5 Å². The first kappa shape index (κ1) is 11.5. The molecule has 0 aliphatic carbocycles. The predicted octanol–water partition coefficient (Wildman–Crippen LogP) is -0.976. The first-order chi connectivity index (χ1) is 6.86. The van der Waals surface area contributed by atoms with Crippen LogP contribution in [0, 0.1) is 5.92 Å². The van der Waals surface area contributed by atoms with E-state index in [2.05, 4.69) is 13.2 Å². The standard InChI is InChI=1S/C11H16N2O2/c1-7(2)6-13-9(4)8(3)10(14)12(5)11(13)15/h7H,3-4,6H2,1-2,5H3. The highest BCUT2D eigenvalue weighted by Gasteiger charge is 2.06. The van der Waals surface area contributed by atoms with E-state index in [1.165, 1.54) is 11.6 Å². The van der Waals surface area contributed by atoms with Gasteiger partial charge in [0.1, 0.15) is 0 Å². The second-order valence-electron chi connectivity index (χ2n) is 4.08. The van der Waals surface area contributed by atoms with Gasteiger partial charge >= 0.3 is 5.69 Å². The summed E-state index contributed by atoms with van der Waals surface area (Å²) < 4.78 is 2.56. The molecule has 0 saturated carbocycles. The van der Waals surface area contributed by atoms with Gasteiger partial charge in [0.2, 0.25) is 0 Å².